The van der Waals surface area contributed by atoms with Crippen molar-refractivity contribution in [3.63, 3.8) is 0 Å². The summed E-state index contributed by atoms with van der Waals surface area (Å²) in [6.07, 6.45) is 5.17. The Morgan fingerprint density at radius 3 is 2.68 bits per heavy atom. The van der Waals surface area contributed by atoms with Gasteiger partial charge in [-0.2, -0.15) is 0 Å². The molecule has 1 fully saturated rings. The Morgan fingerprint density at radius 1 is 1.24 bits per heavy atom. The average Bonchev–Trinajstić information content (AvgIpc) is 3.10. The van der Waals surface area contributed by atoms with Gasteiger partial charge in [0.15, 0.2) is 0 Å². The molecule has 0 N–H and O–H groups in total. The zero-order valence-electron chi connectivity index (χ0n) is 15.1. The van der Waals surface area contributed by atoms with E-state index in [9.17, 15) is 4.79 Å². The average molecular weight is 341 g/mol. The zero-order chi connectivity index (χ0) is 17.6. The second kappa shape index (κ2) is 8.34. The highest BCUT2D eigenvalue weighted by Crippen LogP contribution is 2.18. The van der Waals surface area contributed by atoms with E-state index < -0.39 is 0 Å². The molecule has 1 aromatic carbocycles. The molecule has 134 valence electrons. The first-order chi connectivity index (χ1) is 12.1. The molecule has 1 aliphatic heterocycles. The van der Waals surface area contributed by atoms with Gasteiger partial charge in [0.1, 0.15) is 12.4 Å². The molecular weight excluding hydrogens is 314 g/mol. The summed E-state index contributed by atoms with van der Waals surface area (Å²) >= 11 is 0. The lowest BCUT2D eigenvalue weighted by molar-refractivity contribution is 0.111. The Morgan fingerprint density at radius 2 is 2.04 bits per heavy atom. The van der Waals surface area contributed by atoms with Crippen LogP contribution in [-0.2, 0) is 17.7 Å². The Bertz CT molecular complexity index is 728. The summed E-state index contributed by atoms with van der Waals surface area (Å²) in [5.41, 5.74) is 2.37. The number of nitrogens with zero attached hydrogens (tertiary/aromatic N) is 1. The lowest BCUT2D eigenvalue weighted by Crippen LogP contribution is -2.23. The number of hydrogen-bond donors (Lipinski definition) is 0. The van der Waals surface area contributed by atoms with E-state index >= 15 is 0 Å². The van der Waals surface area contributed by atoms with E-state index in [-0.39, 0.29) is 11.7 Å². The van der Waals surface area contributed by atoms with Crippen LogP contribution in [0.3, 0.4) is 0 Å². The molecule has 3 rings (SSSR count). The van der Waals surface area contributed by atoms with E-state index in [2.05, 4.69) is 26.0 Å². The van der Waals surface area contributed by atoms with Crippen LogP contribution in [0.2, 0.25) is 0 Å². The monoisotopic (exact) mass is 341 g/mol. The van der Waals surface area contributed by atoms with Crippen molar-refractivity contribution in [1.82, 2.24) is 4.57 Å². The van der Waals surface area contributed by atoms with Gasteiger partial charge in [-0.25, -0.2) is 0 Å². The Balaban J connectivity index is 1.51. The molecule has 0 aliphatic carbocycles. The normalized spacial score (nSPS) is 17.2. The quantitative estimate of drug-likeness (QED) is 0.770. The highest BCUT2D eigenvalue weighted by atomic mass is 16.5. The van der Waals surface area contributed by atoms with Crippen LogP contribution in [0, 0.1) is 0 Å². The van der Waals surface area contributed by atoms with Gasteiger partial charge in [-0.3, -0.25) is 4.79 Å². The predicted molar refractivity (Wildman–Crippen MR) is 99.4 cm³/mol. The maximum atomic E-state index is 12.2. The fraction of sp³-hybridized carbons (Fsp3) is 0.476. The number of ether oxygens (including phenoxy) is 2. The van der Waals surface area contributed by atoms with E-state index in [4.69, 9.17) is 9.47 Å². The molecule has 4 heteroatoms. The van der Waals surface area contributed by atoms with Crippen molar-refractivity contribution in [2.24, 2.45) is 0 Å². The minimum Gasteiger partial charge on any atom is -0.492 e. The second-order valence-electron chi connectivity index (χ2n) is 6.98. The molecule has 1 atom stereocenters. The fourth-order valence-corrected chi connectivity index (χ4v) is 3.14. The van der Waals surface area contributed by atoms with E-state index in [0.717, 1.165) is 37.2 Å². The molecular formula is C21H27NO3. The van der Waals surface area contributed by atoms with Crippen LogP contribution in [0.5, 0.6) is 5.75 Å². The topological polar surface area (TPSA) is 40.5 Å². The SMILES string of the molecule is CC(C)c1ccc(OCCn2ccc(CC3CCCO3)cc2=O)cc1. The van der Waals surface area contributed by atoms with E-state index in [1.807, 2.05) is 24.4 Å². The third-order valence-corrected chi connectivity index (χ3v) is 4.70. The minimum atomic E-state index is 0.0225. The number of hydrogen-bond acceptors (Lipinski definition) is 3. The van der Waals surface area contributed by atoms with E-state index in [1.165, 1.54) is 5.56 Å². The van der Waals surface area contributed by atoms with Crippen molar-refractivity contribution in [2.75, 3.05) is 13.2 Å². The van der Waals surface area contributed by atoms with Gasteiger partial charge in [0.2, 0.25) is 0 Å². The maximum Gasteiger partial charge on any atom is 0.250 e. The summed E-state index contributed by atoms with van der Waals surface area (Å²) in [6, 6.07) is 11.9. The zero-order valence-corrected chi connectivity index (χ0v) is 15.1. The Kier molecular flexibility index (Phi) is 5.92. The molecule has 1 aliphatic rings. The Hall–Kier alpha value is -2.07. The summed E-state index contributed by atoms with van der Waals surface area (Å²) in [5, 5.41) is 0. The van der Waals surface area contributed by atoms with Crippen LogP contribution in [0.25, 0.3) is 0 Å². The van der Waals surface area contributed by atoms with Gasteiger partial charge in [-0.05, 0) is 54.5 Å². The number of pyridine rings is 1. The van der Waals surface area contributed by atoms with Crippen molar-refractivity contribution in [1.29, 1.82) is 0 Å². The largest absolute Gasteiger partial charge is 0.492 e. The summed E-state index contributed by atoms with van der Waals surface area (Å²) in [6.45, 7) is 6.21. The van der Waals surface area contributed by atoms with Crippen molar-refractivity contribution in [3.05, 3.63) is 64.1 Å². The van der Waals surface area contributed by atoms with Crippen LogP contribution in [0.4, 0.5) is 0 Å². The van der Waals surface area contributed by atoms with Gasteiger partial charge in [-0.15, -0.1) is 0 Å². The van der Waals surface area contributed by atoms with Crippen LogP contribution in [0.15, 0.2) is 47.4 Å². The molecule has 1 unspecified atom stereocenters. The highest BCUT2D eigenvalue weighted by molar-refractivity contribution is 5.28. The van der Waals surface area contributed by atoms with Crippen molar-refractivity contribution in [3.8, 4) is 5.75 Å². The highest BCUT2D eigenvalue weighted by Gasteiger charge is 2.16. The van der Waals surface area contributed by atoms with Crippen molar-refractivity contribution in [2.45, 2.75) is 51.7 Å². The summed E-state index contributed by atoms with van der Waals surface area (Å²) in [5.74, 6) is 1.35. The van der Waals surface area contributed by atoms with Crippen LogP contribution in [0.1, 0.15) is 43.7 Å². The molecule has 0 saturated carbocycles. The molecule has 1 saturated heterocycles. The summed E-state index contributed by atoms with van der Waals surface area (Å²) in [4.78, 5) is 12.2. The van der Waals surface area contributed by atoms with Gasteiger partial charge in [-0.1, -0.05) is 26.0 Å². The third-order valence-electron chi connectivity index (χ3n) is 4.70. The number of aromatic nitrogens is 1. The molecule has 2 heterocycles. The van der Waals surface area contributed by atoms with Gasteiger partial charge < -0.3 is 14.0 Å². The number of benzene rings is 1. The minimum absolute atomic E-state index is 0.0225. The van der Waals surface area contributed by atoms with Crippen LogP contribution < -0.4 is 10.3 Å². The number of rotatable bonds is 7. The molecule has 0 bridgehead atoms. The molecule has 25 heavy (non-hydrogen) atoms. The van der Waals surface area contributed by atoms with Crippen molar-refractivity contribution >= 4 is 0 Å². The fourth-order valence-electron chi connectivity index (χ4n) is 3.14. The molecule has 2 aromatic rings. The Labute approximate surface area is 149 Å². The van der Waals surface area contributed by atoms with Crippen molar-refractivity contribution < 1.29 is 9.47 Å². The summed E-state index contributed by atoms with van der Waals surface area (Å²) in [7, 11) is 0. The smallest absolute Gasteiger partial charge is 0.250 e. The van der Waals surface area contributed by atoms with E-state index in [0.29, 0.717) is 19.1 Å². The van der Waals surface area contributed by atoms with E-state index in [1.54, 1.807) is 10.6 Å². The van der Waals surface area contributed by atoms with Crippen LogP contribution >= 0.6 is 0 Å². The first kappa shape index (κ1) is 17.7. The molecule has 0 spiro atoms. The first-order valence-corrected chi connectivity index (χ1v) is 9.15. The first-order valence-electron chi connectivity index (χ1n) is 9.15. The third kappa shape index (κ3) is 4.95. The molecule has 1 aromatic heterocycles. The molecule has 0 radical (unpaired) electrons. The summed E-state index contributed by atoms with van der Waals surface area (Å²) < 4.78 is 13.1. The van der Waals surface area contributed by atoms with Gasteiger partial charge >= 0.3 is 0 Å². The lowest BCUT2D eigenvalue weighted by Gasteiger charge is -2.12. The van der Waals surface area contributed by atoms with Crippen LogP contribution in [-0.4, -0.2) is 23.9 Å². The second-order valence-corrected chi connectivity index (χ2v) is 6.98. The van der Waals surface area contributed by atoms with Gasteiger partial charge in [0, 0.05) is 18.9 Å². The predicted octanol–water partition coefficient (Wildman–Crippen LogP) is 3.77. The van der Waals surface area contributed by atoms with Gasteiger partial charge in [0.05, 0.1) is 12.6 Å². The maximum absolute atomic E-state index is 12.2. The van der Waals surface area contributed by atoms with Gasteiger partial charge in [0.25, 0.3) is 5.56 Å². The molecule has 4 nitrogen and oxygen atoms in total. The standard InChI is InChI=1S/C21H27NO3/c1-16(2)18-5-7-19(8-6-18)25-13-11-22-10-9-17(15-21(22)23)14-20-4-3-12-24-20/h5-10,15-16,20H,3-4,11-14H2,1-2H3. The lowest BCUT2D eigenvalue weighted by atomic mass is 10.0. The molecule has 0 amide bonds.